The van der Waals surface area contributed by atoms with Crippen LogP contribution in [-0.2, 0) is 0 Å². The monoisotopic (exact) mass is 196 g/mol. The van der Waals surface area contributed by atoms with E-state index in [1.165, 1.54) is 6.04 Å². The minimum absolute atomic E-state index is 0.00701. The van der Waals surface area contributed by atoms with E-state index in [-0.39, 0.29) is 20.6 Å². The van der Waals surface area contributed by atoms with Gasteiger partial charge >= 0.3 is 57.5 Å². The van der Waals surface area contributed by atoms with Crippen molar-refractivity contribution < 1.29 is 4.39 Å². The second-order valence-corrected chi connectivity index (χ2v) is 18.7. The summed E-state index contributed by atoms with van der Waals surface area (Å²) in [5, 5.41) is 0. The molecule has 0 aromatic heterocycles. The number of hydrogen-bond donors (Lipinski definition) is 0. The third-order valence-electron chi connectivity index (χ3n) is 1.43. The van der Waals surface area contributed by atoms with Gasteiger partial charge in [-0.25, -0.2) is 0 Å². The van der Waals surface area contributed by atoms with Crippen molar-refractivity contribution in [1.82, 2.24) is 0 Å². The van der Waals surface area contributed by atoms with E-state index in [9.17, 15) is 4.39 Å². The zero-order valence-electron chi connectivity index (χ0n) is 5.79. The van der Waals surface area contributed by atoms with Crippen LogP contribution in [0.15, 0.2) is 0 Å². The summed E-state index contributed by atoms with van der Waals surface area (Å²) < 4.78 is 11.8. The standard InChI is InChI=1S/C5H14AsFSi/c1-4-8(2,3)6-5-7/h6H,4-5H2,1-3H3. The molecule has 50 valence electrons. The third-order valence-corrected chi connectivity index (χ3v) is 13.4. The molecular weight excluding hydrogens is 182 g/mol. The summed E-state index contributed by atoms with van der Waals surface area (Å²) in [5.74, 6) is 0. The average molecular weight is 196 g/mol. The Kier molecular flexibility index (Phi) is 4.00. The zero-order chi connectivity index (χ0) is 6.62. The maximum atomic E-state index is 11.8. The molecular formula is C5H14AsFSi. The minimum atomic E-state index is -0.927. The first-order valence-corrected chi connectivity index (χ1v) is 10.8. The van der Waals surface area contributed by atoms with E-state index in [0.717, 1.165) is 0 Å². The van der Waals surface area contributed by atoms with Crippen LogP contribution in [0, 0.1) is 0 Å². The van der Waals surface area contributed by atoms with Crippen molar-refractivity contribution in [3.8, 4) is 0 Å². The van der Waals surface area contributed by atoms with Crippen molar-refractivity contribution in [3.05, 3.63) is 0 Å². The molecule has 0 saturated heterocycles. The van der Waals surface area contributed by atoms with Crippen LogP contribution in [0.4, 0.5) is 4.39 Å². The first-order chi connectivity index (χ1) is 3.62. The Balaban J connectivity index is 3.37. The van der Waals surface area contributed by atoms with Gasteiger partial charge in [0.15, 0.2) is 0 Å². The molecule has 0 aromatic carbocycles. The normalized spacial score (nSPS) is 13.5. The SMILES string of the molecule is CC[Si](C)(C)[AsH]CF. The third kappa shape index (κ3) is 3.68. The molecule has 0 rings (SSSR count). The van der Waals surface area contributed by atoms with Gasteiger partial charge in [0.2, 0.25) is 0 Å². The Morgan fingerprint density at radius 1 is 1.50 bits per heavy atom. The summed E-state index contributed by atoms with van der Waals surface area (Å²) in [7, 11) is 0. The van der Waals surface area contributed by atoms with Gasteiger partial charge in [0.05, 0.1) is 0 Å². The van der Waals surface area contributed by atoms with Gasteiger partial charge < -0.3 is 0 Å². The van der Waals surface area contributed by atoms with Crippen molar-refractivity contribution in [2.75, 3.05) is 5.46 Å². The topological polar surface area (TPSA) is 0 Å². The summed E-state index contributed by atoms with van der Waals surface area (Å²) in [4.78, 5) is 0. The number of hydrogen-bond acceptors (Lipinski definition) is 0. The van der Waals surface area contributed by atoms with E-state index in [0.29, 0.717) is 0 Å². The molecule has 0 fully saturated rings. The van der Waals surface area contributed by atoms with Crippen LogP contribution < -0.4 is 0 Å². The van der Waals surface area contributed by atoms with Crippen LogP contribution in [0.3, 0.4) is 0 Å². The van der Waals surface area contributed by atoms with E-state index < -0.39 is 6.54 Å². The molecule has 0 spiro atoms. The van der Waals surface area contributed by atoms with Gasteiger partial charge in [-0.15, -0.1) is 0 Å². The molecule has 0 nitrogen and oxygen atoms in total. The fourth-order valence-electron chi connectivity index (χ4n) is 0.306. The van der Waals surface area contributed by atoms with Gasteiger partial charge in [-0.3, -0.25) is 0 Å². The van der Waals surface area contributed by atoms with Gasteiger partial charge in [0.1, 0.15) is 0 Å². The van der Waals surface area contributed by atoms with E-state index >= 15 is 0 Å². The Hall–Kier alpha value is 0.705. The van der Waals surface area contributed by atoms with Crippen molar-refractivity contribution in [3.63, 3.8) is 0 Å². The molecule has 0 aliphatic rings. The molecule has 0 aromatic rings. The van der Waals surface area contributed by atoms with Crippen LogP contribution in [0.2, 0.25) is 19.1 Å². The molecule has 0 N–H and O–H groups in total. The van der Waals surface area contributed by atoms with Crippen molar-refractivity contribution in [1.29, 1.82) is 0 Å². The number of halogens is 1. The molecule has 0 aliphatic heterocycles. The Morgan fingerprint density at radius 2 is 2.00 bits per heavy atom. The average Bonchev–Trinajstić information content (AvgIpc) is 1.67. The summed E-state index contributed by atoms with van der Waals surface area (Å²) >= 11 is -0.167. The summed E-state index contributed by atoms with van der Waals surface area (Å²) in [5.41, 5.74) is 0.00701. The maximum absolute atomic E-state index is 11.8. The predicted octanol–water partition coefficient (Wildman–Crippen LogP) is 1.57. The number of alkyl halides is 1. The van der Waals surface area contributed by atoms with Gasteiger partial charge in [-0.1, -0.05) is 0 Å². The van der Waals surface area contributed by atoms with E-state index in [1.807, 2.05) is 0 Å². The zero-order valence-corrected chi connectivity index (χ0v) is 8.89. The molecule has 0 heterocycles. The van der Waals surface area contributed by atoms with Gasteiger partial charge in [-0.2, -0.15) is 0 Å². The van der Waals surface area contributed by atoms with Crippen molar-refractivity contribution >= 4 is 21.6 Å². The van der Waals surface area contributed by atoms with Crippen molar-refractivity contribution in [2.45, 2.75) is 26.1 Å². The summed E-state index contributed by atoms with van der Waals surface area (Å²) in [6.45, 7) is 5.83. The second kappa shape index (κ2) is 3.68. The molecule has 1 unspecified atom stereocenters. The van der Waals surface area contributed by atoms with Gasteiger partial charge in [0, 0.05) is 0 Å². The fourth-order valence-corrected chi connectivity index (χ4v) is 4.77. The van der Waals surface area contributed by atoms with Crippen molar-refractivity contribution in [2.24, 2.45) is 0 Å². The molecule has 0 aliphatic carbocycles. The molecule has 1 atom stereocenters. The molecule has 0 amide bonds. The molecule has 0 saturated carbocycles. The van der Waals surface area contributed by atoms with Crippen LogP contribution in [0.5, 0.6) is 0 Å². The van der Waals surface area contributed by atoms with Gasteiger partial charge in [0.25, 0.3) is 0 Å². The second-order valence-electron chi connectivity index (χ2n) is 2.55. The molecule has 0 bridgehead atoms. The predicted molar refractivity (Wildman–Crippen MR) is 41.1 cm³/mol. The summed E-state index contributed by atoms with van der Waals surface area (Å²) in [6.07, 6.45) is 0. The summed E-state index contributed by atoms with van der Waals surface area (Å²) in [6, 6.07) is 1.26. The quantitative estimate of drug-likeness (QED) is 0.601. The van der Waals surface area contributed by atoms with Gasteiger partial charge in [-0.05, 0) is 0 Å². The van der Waals surface area contributed by atoms with E-state index in [1.54, 1.807) is 0 Å². The molecule has 0 radical (unpaired) electrons. The van der Waals surface area contributed by atoms with E-state index in [2.05, 4.69) is 20.0 Å². The van der Waals surface area contributed by atoms with E-state index in [4.69, 9.17) is 0 Å². The Morgan fingerprint density at radius 3 is 2.12 bits per heavy atom. The fraction of sp³-hybridized carbons (Fsp3) is 1.00. The van der Waals surface area contributed by atoms with Crippen LogP contribution in [-0.4, -0.2) is 27.1 Å². The number of rotatable bonds is 3. The molecule has 8 heavy (non-hydrogen) atoms. The first kappa shape index (κ1) is 8.71. The molecule has 3 heteroatoms. The first-order valence-electron chi connectivity index (χ1n) is 2.93. The van der Waals surface area contributed by atoms with Crippen LogP contribution in [0.25, 0.3) is 0 Å². The Bertz CT molecular complexity index is 65.4. The van der Waals surface area contributed by atoms with Crippen LogP contribution in [0.1, 0.15) is 6.92 Å². The van der Waals surface area contributed by atoms with Crippen LogP contribution >= 0.6 is 0 Å². The Labute approximate surface area is 58.0 Å².